The molecule has 0 amide bonds. The third kappa shape index (κ3) is 3.93. The van der Waals surface area contributed by atoms with Crippen molar-refractivity contribution in [2.75, 3.05) is 0 Å². The predicted molar refractivity (Wildman–Crippen MR) is 82.6 cm³/mol. The van der Waals surface area contributed by atoms with Gasteiger partial charge in [0.25, 0.3) is 5.56 Å². The smallest absolute Gasteiger partial charge is 0.293 e. The maximum atomic E-state index is 13.8. The van der Waals surface area contributed by atoms with Crippen molar-refractivity contribution in [3.63, 3.8) is 0 Å². The Morgan fingerprint density at radius 2 is 1.71 bits per heavy atom. The van der Waals surface area contributed by atoms with E-state index < -0.39 is 40.9 Å². The molecule has 1 heterocycles. The molecule has 0 atom stereocenters. The summed E-state index contributed by atoms with van der Waals surface area (Å²) in [7, 11) is 0. The molecule has 8 heteroatoms. The van der Waals surface area contributed by atoms with Crippen LogP contribution in [0.4, 0.5) is 17.6 Å². The molecular weight excluding hydrogens is 328 g/mol. The fourth-order valence-corrected chi connectivity index (χ4v) is 2.11. The van der Waals surface area contributed by atoms with Crippen molar-refractivity contribution in [3.05, 3.63) is 67.2 Å². The Morgan fingerprint density at radius 1 is 1.12 bits per heavy atom. The number of nitrogens with one attached hydrogen (secondary N) is 1. The molecule has 0 bridgehead atoms. The van der Waals surface area contributed by atoms with E-state index in [1.165, 1.54) is 13.8 Å². The van der Waals surface area contributed by atoms with Crippen LogP contribution in [0.1, 0.15) is 36.2 Å². The van der Waals surface area contributed by atoms with Crippen molar-refractivity contribution in [2.45, 2.75) is 40.4 Å². The maximum absolute atomic E-state index is 13.8. The fourth-order valence-electron chi connectivity index (χ4n) is 2.11. The number of alkyl halides is 3. The minimum Gasteiger partial charge on any atom is -0.293 e. The number of hydrogen-bond acceptors (Lipinski definition) is 2. The summed E-state index contributed by atoms with van der Waals surface area (Å²) >= 11 is 0. The average Bonchev–Trinajstić information content (AvgIpc) is 2.51. The number of aromatic nitrogens is 2. The zero-order valence-electron chi connectivity index (χ0n) is 13.7. The first kappa shape index (κ1) is 19.7. The van der Waals surface area contributed by atoms with Gasteiger partial charge in [-0.3, -0.25) is 14.3 Å². The lowest BCUT2D eigenvalue weighted by Crippen LogP contribution is -2.34. The van der Waals surface area contributed by atoms with Crippen molar-refractivity contribution in [2.24, 2.45) is 0 Å². The largest absolute Gasteiger partial charge is 0.416 e. The molecule has 0 radical (unpaired) electrons. The van der Waals surface area contributed by atoms with Crippen molar-refractivity contribution in [1.82, 2.24) is 9.55 Å². The predicted octanol–water partition coefficient (Wildman–Crippen LogP) is 3.39. The number of benzene rings is 1. The third-order valence-corrected chi connectivity index (χ3v) is 3.49. The van der Waals surface area contributed by atoms with Crippen LogP contribution >= 0.6 is 0 Å². The number of hydrogen-bond donors (Lipinski definition) is 1. The van der Waals surface area contributed by atoms with Crippen molar-refractivity contribution in [3.8, 4) is 0 Å². The number of nitrogens with zero attached hydrogens (tertiary/aromatic N) is 1. The Morgan fingerprint density at radius 3 is 2.25 bits per heavy atom. The first-order valence-electron chi connectivity index (χ1n) is 7.28. The van der Waals surface area contributed by atoms with Gasteiger partial charge in [0.15, 0.2) is 0 Å². The number of H-pyrrole nitrogens is 1. The molecule has 4 nitrogen and oxygen atoms in total. The lowest BCUT2D eigenvalue weighted by molar-refractivity contribution is -0.138. The summed E-state index contributed by atoms with van der Waals surface area (Å²) in [5, 5.41) is 0. The third-order valence-electron chi connectivity index (χ3n) is 3.49. The van der Waals surface area contributed by atoms with Gasteiger partial charge in [0.05, 0.1) is 12.1 Å². The summed E-state index contributed by atoms with van der Waals surface area (Å²) in [6.45, 7) is 6.22. The van der Waals surface area contributed by atoms with Gasteiger partial charge in [-0.2, -0.15) is 13.2 Å². The summed E-state index contributed by atoms with van der Waals surface area (Å²) in [4.78, 5) is 25.2. The van der Waals surface area contributed by atoms with Crippen molar-refractivity contribution >= 4 is 0 Å². The highest BCUT2D eigenvalue weighted by molar-refractivity contribution is 5.32. The fraction of sp³-hybridized carbons (Fsp3) is 0.375. The Balaban J connectivity index is 0.00000139. The lowest BCUT2D eigenvalue weighted by Gasteiger charge is -2.16. The Hall–Kier alpha value is -2.38. The topological polar surface area (TPSA) is 54.9 Å². The minimum atomic E-state index is -4.74. The standard InChI is InChI=1S/C14H12F4N2O2.C2H6/c1-7-8(2)20(13(22)19-12(7)21)6-9-10(14(16,17)18)4-3-5-11(9)15;1-2/h3-5H,6H2,1-2H3,(H,19,21,22);1-2H3. The molecule has 0 aliphatic heterocycles. The molecule has 24 heavy (non-hydrogen) atoms. The van der Waals surface area contributed by atoms with E-state index in [2.05, 4.69) is 0 Å². The highest BCUT2D eigenvalue weighted by atomic mass is 19.4. The number of rotatable bonds is 2. The molecule has 2 rings (SSSR count). The van der Waals surface area contributed by atoms with E-state index in [1.54, 1.807) is 0 Å². The van der Waals surface area contributed by atoms with Crippen LogP contribution in [0.3, 0.4) is 0 Å². The first-order valence-corrected chi connectivity index (χ1v) is 7.28. The van der Waals surface area contributed by atoms with Gasteiger partial charge in [-0.15, -0.1) is 0 Å². The highest BCUT2D eigenvalue weighted by Gasteiger charge is 2.34. The molecule has 0 aliphatic rings. The van der Waals surface area contributed by atoms with Gasteiger partial charge >= 0.3 is 11.9 Å². The minimum absolute atomic E-state index is 0.185. The summed E-state index contributed by atoms with van der Waals surface area (Å²) in [5.41, 5.74) is -2.93. The van der Waals surface area contributed by atoms with E-state index in [4.69, 9.17) is 0 Å². The molecule has 0 saturated heterocycles. The van der Waals surface area contributed by atoms with Gasteiger partial charge < -0.3 is 0 Å². The van der Waals surface area contributed by atoms with Crippen molar-refractivity contribution < 1.29 is 17.6 Å². The summed E-state index contributed by atoms with van der Waals surface area (Å²) < 4.78 is 53.6. The molecule has 1 N–H and O–H groups in total. The van der Waals surface area contributed by atoms with Crippen LogP contribution in [0, 0.1) is 19.7 Å². The SMILES string of the molecule is CC.Cc1c(C)n(Cc2c(F)cccc2C(F)(F)F)c(=O)[nH]c1=O. The van der Waals surface area contributed by atoms with Crippen LogP contribution in [0.2, 0.25) is 0 Å². The second-order valence-electron chi connectivity index (χ2n) is 4.82. The molecule has 1 aromatic heterocycles. The summed E-state index contributed by atoms with van der Waals surface area (Å²) in [6.07, 6.45) is -4.74. The van der Waals surface area contributed by atoms with Crippen LogP contribution in [-0.4, -0.2) is 9.55 Å². The summed E-state index contributed by atoms with van der Waals surface area (Å²) in [5.74, 6) is -1.06. The zero-order chi connectivity index (χ0) is 18.7. The van der Waals surface area contributed by atoms with E-state index in [-0.39, 0.29) is 11.3 Å². The molecule has 0 spiro atoms. The molecule has 2 aromatic rings. The van der Waals surface area contributed by atoms with E-state index >= 15 is 0 Å². The Labute approximate surface area is 135 Å². The van der Waals surface area contributed by atoms with Gasteiger partial charge in [0.1, 0.15) is 5.82 Å². The molecule has 132 valence electrons. The van der Waals surface area contributed by atoms with Gasteiger partial charge in [0.2, 0.25) is 0 Å². The second-order valence-corrected chi connectivity index (χ2v) is 4.82. The van der Waals surface area contributed by atoms with Gasteiger partial charge in [0, 0.05) is 16.8 Å². The van der Waals surface area contributed by atoms with E-state index in [9.17, 15) is 27.2 Å². The second kappa shape index (κ2) is 7.46. The lowest BCUT2D eigenvalue weighted by atomic mass is 10.1. The quantitative estimate of drug-likeness (QED) is 0.848. The van der Waals surface area contributed by atoms with Gasteiger partial charge in [-0.1, -0.05) is 19.9 Å². The van der Waals surface area contributed by atoms with Crippen LogP contribution in [0.25, 0.3) is 0 Å². The molecule has 1 aromatic carbocycles. The van der Waals surface area contributed by atoms with Crippen LogP contribution < -0.4 is 11.2 Å². The molecule has 0 aliphatic carbocycles. The Kier molecular flexibility index (Phi) is 6.11. The number of halogens is 4. The van der Waals surface area contributed by atoms with E-state index in [0.29, 0.717) is 0 Å². The van der Waals surface area contributed by atoms with Crippen LogP contribution in [0.15, 0.2) is 27.8 Å². The molecule has 0 fully saturated rings. The average molecular weight is 346 g/mol. The summed E-state index contributed by atoms with van der Waals surface area (Å²) in [6, 6.07) is 2.59. The maximum Gasteiger partial charge on any atom is 0.416 e. The molecule has 0 unspecified atom stereocenters. The monoisotopic (exact) mass is 346 g/mol. The zero-order valence-corrected chi connectivity index (χ0v) is 13.7. The van der Waals surface area contributed by atoms with Crippen LogP contribution in [0.5, 0.6) is 0 Å². The highest BCUT2D eigenvalue weighted by Crippen LogP contribution is 2.33. The van der Waals surface area contributed by atoms with Crippen molar-refractivity contribution in [1.29, 1.82) is 0 Å². The van der Waals surface area contributed by atoms with Crippen LogP contribution in [-0.2, 0) is 12.7 Å². The van der Waals surface area contributed by atoms with Gasteiger partial charge in [-0.05, 0) is 26.0 Å². The Bertz CT molecular complexity index is 835. The van der Waals surface area contributed by atoms with Gasteiger partial charge in [-0.25, -0.2) is 9.18 Å². The van der Waals surface area contributed by atoms with E-state index in [1.807, 2.05) is 18.8 Å². The van der Waals surface area contributed by atoms with E-state index in [0.717, 1.165) is 22.8 Å². The molecular formula is C16H18F4N2O2. The number of aromatic amines is 1. The molecule has 0 saturated carbocycles. The normalized spacial score (nSPS) is 11.0. The first-order chi connectivity index (χ1) is 11.1.